The highest BCUT2D eigenvalue weighted by atomic mass is 79.9. The van der Waals surface area contributed by atoms with Crippen molar-refractivity contribution in [3.05, 3.63) is 92.3 Å². The number of benzene rings is 2. The number of urea groups is 1. The summed E-state index contributed by atoms with van der Waals surface area (Å²) in [4.78, 5) is 26.3. The summed E-state index contributed by atoms with van der Waals surface area (Å²) in [7, 11) is 0. The van der Waals surface area contributed by atoms with E-state index >= 15 is 0 Å². The van der Waals surface area contributed by atoms with Crippen molar-refractivity contribution in [1.82, 2.24) is 14.8 Å². The maximum atomic E-state index is 12.8. The van der Waals surface area contributed by atoms with E-state index in [1.54, 1.807) is 24.3 Å². The summed E-state index contributed by atoms with van der Waals surface area (Å²) in [5.74, 6) is -0.400. The van der Waals surface area contributed by atoms with Crippen molar-refractivity contribution in [3.63, 3.8) is 0 Å². The van der Waals surface area contributed by atoms with Crippen LogP contribution >= 0.6 is 39.1 Å². The molecular formula is C21H14BrCl2N3O2. The highest BCUT2D eigenvalue weighted by Crippen LogP contribution is 2.25. The molecular weight excluding hydrogens is 477 g/mol. The predicted octanol–water partition coefficient (Wildman–Crippen LogP) is 5.64. The molecule has 8 heteroatoms. The van der Waals surface area contributed by atoms with Crippen molar-refractivity contribution >= 4 is 57.1 Å². The number of hydrogen-bond donors (Lipinski definition) is 1. The number of imide groups is 1. The number of carbonyl (C=O) groups is 2. The van der Waals surface area contributed by atoms with Crippen molar-refractivity contribution in [2.75, 3.05) is 0 Å². The molecule has 0 bridgehead atoms. The summed E-state index contributed by atoms with van der Waals surface area (Å²) in [6.45, 7) is 0.103. The van der Waals surface area contributed by atoms with E-state index in [1.165, 1.54) is 0 Å². The van der Waals surface area contributed by atoms with E-state index < -0.39 is 11.9 Å². The molecule has 0 unspecified atom stereocenters. The van der Waals surface area contributed by atoms with Crippen LogP contribution in [0.25, 0.3) is 11.8 Å². The Balaban J connectivity index is 1.60. The molecule has 5 nitrogen and oxygen atoms in total. The first-order chi connectivity index (χ1) is 13.9. The van der Waals surface area contributed by atoms with Gasteiger partial charge in [0.2, 0.25) is 0 Å². The number of hydrogen-bond acceptors (Lipinski definition) is 2. The maximum absolute atomic E-state index is 12.8. The molecule has 1 aliphatic heterocycles. The number of amides is 3. The Labute approximate surface area is 185 Å². The van der Waals surface area contributed by atoms with Crippen LogP contribution in [0.1, 0.15) is 11.3 Å². The fraction of sp³-hybridized carbons (Fsp3) is 0.0476. The van der Waals surface area contributed by atoms with Gasteiger partial charge in [-0.05, 0) is 54.1 Å². The average molecular weight is 491 g/mol. The van der Waals surface area contributed by atoms with Crippen LogP contribution in [0.15, 0.2) is 71.0 Å². The standard InChI is InChI=1S/C21H14BrCl2N3O2/c22-14-3-1-4-15(10-14)26-8-2-5-16(26)11-19-20(28)27(21(29)25-19)12-13-6-7-17(23)18(24)9-13/h1-11H,12H2,(H,25,29)/b19-11-. The number of aromatic nitrogens is 1. The maximum Gasteiger partial charge on any atom is 0.329 e. The van der Waals surface area contributed by atoms with Crippen LogP contribution in [0.2, 0.25) is 10.0 Å². The lowest BCUT2D eigenvalue weighted by Crippen LogP contribution is -2.30. The molecule has 0 saturated carbocycles. The molecule has 0 spiro atoms. The van der Waals surface area contributed by atoms with E-state index in [2.05, 4.69) is 21.2 Å². The normalized spacial score (nSPS) is 15.3. The van der Waals surface area contributed by atoms with Gasteiger partial charge in [0.05, 0.1) is 16.6 Å². The van der Waals surface area contributed by atoms with E-state index in [4.69, 9.17) is 23.2 Å². The second-order valence-electron chi connectivity index (χ2n) is 6.41. The zero-order chi connectivity index (χ0) is 20.5. The summed E-state index contributed by atoms with van der Waals surface area (Å²) in [6.07, 6.45) is 3.55. The quantitative estimate of drug-likeness (QED) is 0.380. The summed E-state index contributed by atoms with van der Waals surface area (Å²) in [5.41, 5.74) is 2.62. The molecule has 0 radical (unpaired) electrons. The van der Waals surface area contributed by atoms with Gasteiger partial charge in [-0.15, -0.1) is 0 Å². The lowest BCUT2D eigenvalue weighted by Gasteiger charge is -2.12. The topological polar surface area (TPSA) is 54.3 Å². The number of rotatable bonds is 4. The zero-order valence-corrected chi connectivity index (χ0v) is 18.0. The van der Waals surface area contributed by atoms with E-state index in [-0.39, 0.29) is 12.2 Å². The van der Waals surface area contributed by atoms with Gasteiger partial charge in [-0.3, -0.25) is 9.69 Å². The van der Waals surface area contributed by atoms with Gasteiger partial charge in [-0.2, -0.15) is 0 Å². The minimum Gasteiger partial charge on any atom is -0.317 e. The summed E-state index contributed by atoms with van der Waals surface area (Å²) in [5, 5.41) is 3.44. The third kappa shape index (κ3) is 4.10. The van der Waals surface area contributed by atoms with Crippen molar-refractivity contribution in [1.29, 1.82) is 0 Å². The van der Waals surface area contributed by atoms with Gasteiger partial charge in [0, 0.05) is 22.1 Å². The largest absolute Gasteiger partial charge is 0.329 e. The van der Waals surface area contributed by atoms with Crippen LogP contribution < -0.4 is 5.32 Å². The van der Waals surface area contributed by atoms with Gasteiger partial charge < -0.3 is 9.88 Å². The smallest absolute Gasteiger partial charge is 0.317 e. The van der Waals surface area contributed by atoms with Gasteiger partial charge in [0.1, 0.15) is 5.70 Å². The van der Waals surface area contributed by atoms with Gasteiger partial charge >= 0.3 is 6.03 Å². The fourth-order valence-electron chi connectivity index (χ4n) is 3.06. The molecule has 2 aromatic carbocycles. The van der Waals surface area contributed by atoms with Crippen molar-refractivity contribution in [2.24, 2.45) is 0 Å². The van der Waals surface area contributed by atoms with Crippen LogP contribution in [0.3, 0.4) is 0 Å². The Morgan fingerprint density at radius 2 is 1.83 bits per heavy atom. The number of nitrogens with zero attached hydrogens (tertiary/aromatic N) is 2. The Hall–Kier alpha value is -2.54. The molecule has 1 aliphatic rings. The lowest BCUT2D eigenvalue weighted by molar-refractivity contribution is -0.123. The molecule has 3 aromatic rings. The SMILES string of the molecule is O=C1N/C(=C\c2cccn2-c2cccc(Br)c2)C(=O)N1Cc1ccc(Cl)c(Cl)c1. The summed E-state index contributed by atoms with van der Waals surface area (Å²) < 4.78 is 2.87. The summed E-state index contributed by atoms with van der Waals surface area (Å²) >= 11 is 15.4. The molecule has 0 atom stereocenters. The minimum atomic E-state index is -0.479. The van der Waals surface area contributed by atoms with E-state index in [0.29, 0.717) is 15.6 Å². The monoisotopic (exact) mass is 489 g/mol. The molecule has 1 fully saturated rings. The molecule has 1 N–H and O–H groups in total. The highest BCUT2D eigenvalue weighted by Gasteiger charge is 2.33. The molecule has 3 amide bonds. The number of halogens is 3. The van der Waals surface area contributed by atoms with Crippen molar-refractivity contribution < 1.29 is 9.59 Å². The van der Waals surface area contributed by atoms with Crippen molar-refractivity contribution in [3.8, 4) is 5.69 Å². The molecule has 1 aromatic heterocycles. The Kier molecular flexibility index (Phi) is 5.50. The molecule has 29 heavy (non-hydrogen) atoms. The molecule has 146 valence electrons. The number of nitrogens with one attached hydrogen (secondary N) is 1. The van der Waals surface area contributed by atoms with E-state index in [9.17, 15) is 9.59 Å². The highest BCUT2D eigenvalue weighted by molar-refractivity contribution is 9.10. The third-order valence-corrected chi connectivity index (χ3v) is 5.68. The molecule has 1 saturated heterocycles. The van der Waals surface area contributed by atoms with Gasteiger partial charge in [0.25, 0.3) is 5.91 Å². The van der Waals surface area contributed by atoms with Crippen LogP contribution in [0.4, 0.5) is 4.79 Å². The minimum absolute atomic E-state index is 0.103. The van der Waals surface area contributed by atoms with Crippen LogP contribution in [-0.4, -0.2) is 21.4 Å². The van der Waals surface area contributed by atoms with Gasteiger partial charge in [-0.25, -0.2) is 4.79 Å². The van der Waals surface area contributed by atoms with Crippen LogP contribution in [-0.2, 0) is 11.3 Å². The first-order valence-corrected chi connectivity index (χ1v) is 10.2. The molecule has 2 heterocycles. The van der Waals surface area contributed by atoms with Crippen molar-refractivity contribution in [2.45, 2.75) is 6.54 Å². The third-order valence-electron chi connectivity index (χ3n) is 4.45. The van der Waals surface area contributed by atoms with Gasteiger partial charge in [0.15, 0.2) is 0 Å². The first-order valence-electron chi connectivity index (χ1n) is 8.64. The van der Waals surface area contributed by atoms with Gasteiger partial charge in [-0.1, -0.05) is 51.3 Å². The number of carbonyl (C=O) groups excluding carboxylic acids is 2. The Bertz CT molecular complexity index is 1160. The van der Waals surface area contributed by atoms with E-state index in [1.807, 2.05) is 47.2 Å². The first kappa shape index (κ1) is 19.8. The summed E-state index contributed by atoms with van der Waals surface area (Å²) in [6, 6.07) is 16.1. The second-order valence-corrected chi connectivity index (χ2v) is 8.14. The Morgan fingerprint density at radius 1 is 1.00 bits per heavy atom. The lowest BCUT2D eigenvalue weighted by atomic mass is 10.2. The fourth-order valence-corrected chi connectivity index (χ4v) is 3.76. The zero-order valence-electron chi connectivity index (χ0n) is 14.9. The molecule has 0 aliphatic carbocycles. The van der Waals surface area contributed by atoms with E-state index in [0.717, 1.165) is 20.8 Å². The van der Waals surface area contributed by atoms with Crippen LogP contribution in [0.5, 0.6) is 0 Å². The molecule has 4 rings (SSSR count). The predicted molar refractivity (Wildman–Crippen MR) is 117 cm³/mol. The second kappa shape index (κ2) is 8.06. The Morgan fingerprint density at radius 3 is 2.59 bits per heavy atom. The van der Waals surface area contributed by atoms with Crippen LogP contribution in [0, 0.1) is 0 Å². The average Bonchev–Trinajstić information content (AvgIpc) is 3.25.